The summed E-state index contributed by atoms with van der Waals surface area (Å²) in [5.74, 6) is 1.10. The molecule has 2 aromatic carbocycles. The van der Waals surface area contributed by atoms with Gasteiger partial charge in [0.2, 0.25) is 10.0 Å². The van der Waals surface area contributed by atoms with E-state index < -0.39 is 16.1 Å². The fraction of sp³-hybridized carbons (Fsp3) is 0.188. The second-order valence-electron chi connectivity index (χ2n) is 5.10. The highest BCUT2D eigenvalue weighted by Crippen LogP contribution is 2.25. The number of rotatable bonds is 6. The predicted molar refractivity (Wildman–Crippen MR) is 93.2 cm³/mol. The molecule has 0 fully saturated rings. The lowest BCUT2D eigenvalue weighted by molar-refractivity contribution is 0.251. The molecule has 2 amide bonds. The Labute approximate surface area is 146 Å². The molecule has 2 aromatic rings. The van der Waals surface area contributed by atoms with Crippen molar-refractivity contribution in [1.29, 1.82) is 0 Å². The summed E-state index contributed by atoms with van der Waals surface area (Å²) in [6.45, 7) is 0.220. The van der Waals surface area contributed by atoms with Crippen LogP contribution in [0.4, 0.5) is 10.5 Å². The molecule has 8 nitrogen and oxygen atoms in total. The number of urea groups is 1. The SMILES string of the molecule is COc1cc(NC(=O)NCc2ccc(S(N)(=O)=O)cc2)cc(OC)c1. The molecule has 0 heterocycles. The van der Waals surface area contributed by atoms with E-state index in [4.69, 9.17) is 14.6 Å². The largest absolute Gasteiger partial charge is 0.497 e. The summed E-state index contributed by atoms with van der Waals surface area (Å²) in [5.41, 5.74) is 1.24. The van der Waals surface area contributed by atoms with Crippen LogP contribution in [0.1, 0.15) is 5.56 Å². The molecule has 0 radical (unpaired) electrons. The summed E-state index contributed by atoms with van der Waals surface area (Å²) in [5, 5.41) is 10.4. The minimum atomic E-state index is -3.73. The number of sulfonamides is 1. The van der Waals surface area contributed by atoms with Gasteiger partial charge in [-0.15, -0.1) is 0 Å². The number of ether oxygens (including phenoxy) is 2. The van der Waals surface area contributed by atoms with Crippen molar-refractivity contribution in [3.8, 4) is 11.5 Å². The third-order valence-corrected chi connectivity index (χ3v) is 4.24. The maximum Gasteiger partial charge on any atom is 0.319 e. The third-order valence-electron chi connectivity index (χ3n) is 3.31. The van der Waals surface area contributed by atoms with Crippen molar-refractivity contribution in [2.75, 3.05) is 19.5 Å². The number of nitrogens with two attached hydrogens (primary N) is 1. The Morgan fingerprint density at radius 2 is 1.60 bits per heavy atom. The van der Waals surface area contributed by atoms with Crippen LogP contribution in [0.25, 0.3) is 0 Å². The highest BCUT2D eigenvalue weighted by Gasteiger charge is 2.08. The number of amides is 2. The zero-order valence-electron chi connectivity index (χ0n) is 13.8. The first-order valence-corrected chi connectivity index (χ1v) is 8.76. The number of carbonyl (C=O) groups is 1. The molecule has 25 heavy (non-hydrogen) atoms. The van der Waals surface area contributed by atoms with Crippen LogP contribution in [0.2, 0.25) is 0 Å². The van der Waals surface area contributed by atoms with E-state index in [9.17, 15) is 13.2 Å². The average molecular weight is 365 g/mol. The molecular weight excluding hydrogens is 346 g/mol. The fourth-order valence-corrected chi connectivity index (χ4v) is 2.55. The predicted octanol–water partition coefficient (Wildman–Crippen LogP) is 1.67. The highest BCUT2D eigenvalue weighted by molar-refractivity contribution is 7.89. The van der Waals surface area contributed by atoms with Crippen molar-refractivity contribution in [2.45, 2.75) is 11.4 Å². The average Bonchev–Trinajstić information content (AvgIpc) is 2.59. The zero-order chi connectivity index (χ0) is 18.4. The van der Waals surface area contributed by atoms with Gasteiger partial charge in [0.15, 0.2) is 0 Å². The quantitative estimate of drug-likeness (QED) is 0.719. The number of carbonyl (C=O) groups excluding carboxylic acids is 1. The molecule has 0 atom stereocenters. The van der Waals surface area contributed by atoms with Crippen molar-refractivity contribution in [1.82, 2.24) is 5.32 Å². The summed E-state index contributed by atoms with van der Waals surface area (Å²) < 4.78 is 32.7. The Morgan fingerprint density at radius 3 is 2.08 bits per heavy atom. The number of anilines is 1. The first-order valence-electron chi connectivity index (χ1n) is 7.21. The van der Waals surface area contributed by atoms with E-state index in [1.807, 2.05) is 0 Å². The van der Waals surface area contributed by atoms with Crippen molar-refractivity contribution in [3.63, 3.8) is 0 Å². The molecule has 9 heteroatoms. The molecule has 0 unspecified atom stereocenters. The van der Waals surface area contributed by atoms with Crippen LogP contribution in [-0.2, 0) is 16.6 Å². The van der Waals surface area contributed by atoms with Crippen molar-refractivity contribution >= 4 is 21.7 Å². The fourth-order valence-electron chi connectivity index (χ4n) is 2.03. The molecule has 0 spiro atoms. The van der Waals surface area contributed by atoms with E-state index in [1.54, 1.807) is 30.3 Å². The van der Waals surface area contributed by atoms with Crippen LogP contribution in [-0.4, -0.2) is 28.7 Å². The minimum Gasteiger partial charge on any atom is -0.497 e. The van der Waals surface area contributed by atoms with Gasteiger partial charge in [-0.1, -0.05) is 12.1 Å². The Balaban J connectivity index is 1.97. The van der Waals surface area contributed by atoms with Gasteiger partial charge in [-0.05, 0) is 17.7 Å². The molecule has 0 bridgehead atoms. The molecule has 0 saturated heterocycles. The van der Waals surface area contributed by atoms with Crippen LogP contribution < -0.4 is 25.2 Å². The maximum atomic E-state index is 12.0. The summed E-state index contributed by atoms with van der Waals surface area (Å²) in [7, 11) is -0.693. The molecule has 0 aliphatic heterocycles. The Morgan fingerprint density at radius 1 is 1.04 bits per heavy atom. The van der Waals surface area contributed by atoms with Crippen LogP contribution >= 0.6 is 0 Å². The third kappa shape index (κ3) is 5.37. The maximum absolute atomic E-state index is 12.0. The molecule has 0 aliphatic carbocycles. The molecule has 0 aromatic heterocycles. The van der Waals surface area contributed by atoms with Crippen molar-refractivity contribution in [2.24, 2.45) is 5.14 Å². The summed E-state index contributed by atoms with van der Waals surface area (Å²) >= 11 is 0. The number of methoxy groups -OCH3 is 2. The van der Waals surface area contributed by atoms with Crippen LogP contribution in [0.3, 0.4) is 0 Å². The first-order chi connectivity index (χ1) is 11.8. The Bertz CT molecular complexity index is 828. The summed E-state index contributed by atoms with van der Waals surface area (Å²) in [4.78, 5) is 12.0. The number of hydrogen-bond acceptors (Lipinski definition) is 5. The van der Waals surface area contributed by atoms with Gasteiger partial charge in [0.05, 0.1) is 19.1 Å². The first kappa shape index (κ1) is 18.6. The number of hydrogen-bond donors (Lipinski definition) is 3. The van der Waals surface area contributed by atoms with E-state index in [-0.39, 0.29) is 11.4 Å². The molecule has 2 rings (SSSR count). The second-order valence-corrected chi connectivity index (χ2v) is 6.66. The lowest BCUT2D eigenvalue weighted by Gasteiger charge is -2.11. The highest BCUT2D eigenvalue weighted by atomic mass is 32.2. The summed E-state index contributed by atoms with van der Waals surface area (Å²) in [6.07, 6.45) is 0. The smallest absolute Gasteiger partial charge is 0.319 e. The van der Waals surface area contributed by atoms with E-state index in [2.05, 4.69) is 10.6 Å². The number of benzene rings is 2. The van der Waals surface area contributed by atoms with Gasteiger partial charge in [0.1, 0.15) is 11.5 Å². The lowest BCUT2D eigenvalue weighted by atomic mass is 10.2. The van der Waals surface area contributed by atoms with Crippen LogP contribution in [0.5, 0.6) is 11.5 Å². The standard InChI is InChI=1S/C16H19N3O5S/c1-23-13-7-12(8-14(9-13)24-2)19-16(20)18-10-11-3-5-15(6-4-11)25(17,21)22/h3-9H,10H2,1-2H3,(H2,17,21,22)(H2,18,19,20). The number of nitrogens with one attached hydrogen (secondary N) is 2. The van der Waals surface area contributed by atoms with Gasteiger partial charge < -0.3 is 20.1 Å². The Hall–Kier alpha value is -2.78. The van der Waals surface area contributed by atoms with Crippen molar-refractivity contribution in [3.05, 3.63) is 48.0 Å². The molecule has 0 aliphatic rings. The van der Waals surface area contributed by atoms with E-state index in [0.717, 1.165) is 5.56 Å². The van der Waals surface area contributed by atoms with Crippen LogP contribution in [0.15, 0.2) is 47.4 Å². The monoisotopic (exact) mass is 365 g/mol. The topological polar surface area (TPSA) is 120 Å². The van der Waals surface area contributed by atoms with Gasteiger partial charge in [0.25, 0.3) is 0 Å². The van der Waals surface area contributed by atoms with Gasteiger partial charge in [-0.3, -0.25) is 0 Å². The van der Waals surface area contributed by atoms with Crippen LogP contribution in [0, 0.1) is 0 Å². The van der Waals surface area contributed by atoms with E-state index in [1.165, 1.54) is 26.4 Å². The van der Waals surface area contributed by atoms with Gasteiger partial charge in [-0.25, -0.2) is 18.4 Å². The van der Waals surface area contributed by atoms with Gasteiger partial charge in [0, 0.05) is 30.4 Å². The molecule has 4 N–H and O–H groups in total. The molecule has 0 saturated carbocycles. The summed E-state index contributed by atoms with van der Waals surface area (Å²) in [6, 6.07) is 10.5. The van der Waals surface area contributed by atoms with E-state index >= 15 is 0 Å². The van der Waals surface area contributed by atoms with Gasteiger partial charge in [-0.2, -0.15) is 0 Å². The normalized spacial score (nSPS) is 10.8. The van der Waals surface area contributed by atoms with Crippen molar-refractivity contribution < 1.29 is 22.7 Å². The Kier molecular flexibility index (Phi) is 5.84. The van der Waals surface area contributed by atoms with Gasteiger partial charge >= 0.3 is 6.03 Å². The molecule has 134 valence electrons. The zero-order valence-corrected chi connectivity index (χ0v) is 14.6. The minimum absolute atomic E-state index is 0.0178. The van der Waals surface area contributed by atoms with E-state index in [0.29, 0.717) is 17.2 Å². The molecular formula is C16H19N3O5S. The number of primary sulfonamides is 1. The second kappa shape index (κ2) is 7.86. The lowest BCUT2D eigenvalue weighted by Crippen LogP contribution is -2.28.